The summed E-state index contributed by atoms with van der Waals surface area (Å²) in [7, 11) is -4.00. The molecule has 1 aromatic heterocycles. The van der Waals surface area contributed by atoms with E-state index in [0.29, 0.717) is 21.0 Å². The molecular weight excluding hydrogens is 456 g/mol. The van der Waals surface area contributed by atoms with Crippen molar-refractivity contribution in [2.75, 3.05) is 0 Å². The summed E-state index contributed by atoms with van der Waals surface area (Å²) in [6, 6.07) is 10.0. The number of nitrogens with one attached hydrogen (secondary N) is 1. The Labute approximate surface area is 188 Å². The summed E-state index contributed by atoms with van der Waals surface area (Å²) in [6.07, 6.45) is 0.449. The van der Waals surface area contributed by atoms with Crippen LogP contribution in [0.4, 0.5) is 10.5 Å². The van der Waals surface area contributed by atoms with Gasteiger partial charge in [0.1, 0.15) is 10.8 Å². The van der Waals surface area contributed by atoms with Gasteiger partial charge in [-0.25, -0.2) is 22.9 Å². The van der Waals surface area contributed by atoms with Gasteiger partial charge >= 0.3 is 6.09 Å². The largest absolute Gasteiger partial charge is 0.410 e. The summed E-state index contributed by atoms with van der Waals surface area (Å²) in [5, 5.41) is 11.4. The SMILES string of the molecule is CC(C)(C)NS(=O)(=O)c1cc(OC(N)=O)ccc1-c1cnc(-c2ccc([N+](=O)[O-])cc2)s1. The minimum absolute atomic E-state index is 0.0179. The molecule has 3 aromatic rings. The van der Waals surface area contributed by atoms with Gasteiger partial charge in [-0.05, 0) is 45.0 Å². The van der Waals surface area contributed by atoms with Gasteiger partial charge in [0, 0.05) is 41.1 Å². The molecule has 0 bridgehead atoms. The van der Waals surface area contributed by atoms with E-state index in [0.717, 1.165) is 0 Å². The number of amides is 1. The van der Waals surface area contributed by atoms with Crippen molar-refractivity contribution >= 4 is 33.1 Å². The van der Waals surface area contributed by atoms with E-state index < -0.39 is 26.6 Å². The van der Waals surface area contributed by atoms with Crippen LogP contribution >= 0.6 is 11.3 Å². The summed E-state index contributed by atoms with van der Waals surface area (Å²) < 4.78 is 33.6. The lowest BCUT2D eigenvalue weighted by molar-refractivity contribution is -0.384. The van der Waals surface area contributed by atoms with Crippen molar-refractivity contribution in [3.63, 3.8) is 0 Å². The molecule has 0 aliphatic carbocycles. The van der Waals surface area contributed by atoms with Crippen LogP contribution in [0.3, 0.4) is 0 Å². The highest BCUT2D eigenvalue weighted by molar-refractivity contribution is 7.89. The lowest BCUT2D eigenvalue weighted by atomic mass is 10.1. The van der Waals surface area contributed by atoms with Gasteiger partial charge in [0.05, 0.1) is 14.7 Å². The van der Waals surface area contributed by atoms with E-state index in [2.05, 4.69) is 9.71 Å². The summed E-state index contributed by atoms with van der Waals surface area (Å²) in [5.74, 6) is -0.0179. The number of nitro benzene ring substituents is 1. The molecule has 168 valence electrons. The van der Waals surface area contributed by atoms with E-state index in [1.54, 1.807) is 32.9 Å². The van der Waals surface area contributed by atoms with Crippen LogP contribution in [-0.4, -0.2) is 30.0 Å². The second-order valence-corrected chi connectivity index (χ2v) is 10.4. The molecule has 3 rings (SSSR count). The van der Waals surface area contributed by atoms with Crippen LogP contribution in [0.25, 0.3) is 21.0 Å². The standard InChI is InChI=1S/C20H20N4O6S2/c1-20(2,3)23-32(28,29)17-10-14(30-19(21)25)8-9-15(17)16-11-22-18(31-16)12-4-6-13(7-5-12)24(26)27/h4-11,23H,1-3H3,(H2,21,25). The first-order chi connectivity index (χ1) is 14.9. The summed E-state index contributed by atoms with van der Waals surface area (Å²) >= 11 is 1.22. The van der Waals surface area contributed by atoms with E-state index in [1.165, 1.54) is 47.9 Å². The minimum atomic E-state index is -4.00. The van der Waals surface area contributed by atoms with E-state index in [4.69, 9.17) is 10.5 Å². The second-order valence-electron chi connectivity index (χ2n) is 7.77. The number of sulfonamides is 1. The van der Waals surface area contributed by atoms with Crippen LogP contribution in [-0.2, 0) is 10.0 Å². The molecule has 0 atom stereocenters. The number of nitro groups is 1. The monoisotopic (exact) mass is 476 g/mol. The maximum Gasteiger partial charge on any atom is 0.409 e. The van der Waals surface area contributed by atoms with Crippen molar-refractivity contribution in [2.45, 2.75) is 31.2 Å². The van der Waals surface area contributed by atoms with Crippen LogP contribution in [0.1, 0.15) is 20.8 Å². The maximum atomic E-state index is 13.1. The van der Waals surface area contributed by atoms with Crippen molar-refractivity contribution in [3.05, 3.63) is 58.8 Å². The second kappa shape index (κ2) is 8.65. The van der Waals surface area contributed by atoms with E-state index in [-0.39, 0.29) is 16.3 Å². The highest BCUT2D eigenvalue weighted by atomic mass is 32.2. The molecule has 2 aromatic carbocycles. The average Bonchev–Trinajstić information content (AvgIpc) is 3.16. The van der Waals surface area contributed by atoms with Gasteiger partial charge in [0.2, 0.25) is 10.0 Å². The Bertz CT molecular complexity index is 1280. The summed E-state index contributed by atoms with van der Waals surface area (Å²) in [5.41, 5.74) is 5.26. The zero-order chi connectivity index (χ0) is 23.7. The first-order valence-corrected chi connectivity index (χ1v) is 11.5. The maximum absolute atomic E-state index is 13.1. The molecule has 0 aliphatic rings. The molecule has 0 fully saturated rings. The number of hydrogen-bond donors (Lipinski definition) is 2. The van der Waals surface area contributed by atoms with Crippen LogP contribution < -0.4 is 15.2 Å². The number of hydrogen-bond acceptors (Lipinski definition) is 8. The summed E-state index contributed by atoms with van der Waals surface area (Å²) in [6.45, 7) is 5.11. The predicted molar refractivity (Wildman–Crippen MR) is 120 cm³/mol. The molecular formula is C20H20N4O6S2. The molecule has 1 amide bonds. The zero-order valence-corrected chi connectivity index (χ0v) is 19.0. The minimum Gasteiger partial charge on any atom is -0.410 e. The van der Waals surface area contributed by atoms with Gasteiger partial charge in [-0.1, -0.05) is 0 Å². The predicted octanol–water partition coefficient (Wildman–Crippen LogP) is 3.92. The number of non-ortho nitro benzene ring substituents is 1. The number of nitrogens with zero attached hydrogens (tertiary/aromatic N) is 2. The Balaban J connectivity index is 2.07. The Morgan fingerprint density at radius 2 is 1.84 bits per heavy atom. The molecule has 0 aliphatic heterocycles. The molecule has 0 saturated heterocycles. The molecule has 10 nitrogen and oxygen atoms in total. The highest BCUT2D eigenvalue weighted by Crippen LogP contribution is 2.37. The number of primary amides is 1. The third kappa shape index (κ3) is 5.46. The van der Waals surface area contributed by atoms with Crippen LogP contribution in [0.2, 0.25) is 0 Å². The number of nitrogens with two attached hydrogens (primary N) is 1. The van der Waals surface area contributed by atoms with Crippen molar-refractivity contribution in [2.24, 2.45) is 5.73 Å². The fourth-order valence-corrected chi connectivity index (χ4v) is 5.50. The number of carbonyl (C=O) groups excluding carboxylic acids is 1. The van der Waals surface area contributed by atoms with Crippen LogP contribution in [0.15, 0.2) is 53.6 Å². The lowest BCUT2D eigenvalue weighted by Crippen LogP contribution is -2.40. The average molecular weight is 477 g/mol. The first-order valence-electron chi connectivity index (χ1n) is 9.22. The van der Waals surface area contributed by atoms with Crippen LogP contribution in [0, 0.1) is 10.1 Å². The lowest BCUT2D eigenvalue weighted by Gasteiger charge is -2.21. The molecule has 12 heteroatoms. The molecule has 0 unspecified atom stereocenters. The molecule has 0 saturated carbocycles. The number of aromatic nitrogens is 1. The smallest absolute Gasteiger partial charge is 0.409 e. The van der Waals surface area contributed by atoms with E-state index in [1.807, 2.05) is 0 Å². The summed E-state index contributed by atoms with van der Waals surface area (Å²) in [4.78, 5) is 26.3. The number of thiazole rings is 1. The number of ether oxygens (including phenoxy) is 1. The van der Waals surface area contributed by atoms with Gasteiger partial charge in [0.15, 0.2) is 0 Å². The van der Waals surface area contributed by atoms with Gasteiger partial charge in [-0.2, -0.15) is 0 Å². The van der Waals surface area contributed by atoms with Crippen molar-refractivity contribution in [3.8, 4) is 26.8 Å². The third-order valence-corrected chi connectivity index (χ3v) is 6.88. The first kappa shape index (κ1) is 23.3. The molecule has 1 heterocycles. The molecule has 0 radical (unpaired) electrons. The molecule has 3 N–H and O–H groups in total. The van der Waals surface area contributed by atoms with Crippen molar-refractivity contribution in [1.82, 2.24) is 9.71 Å². The van der Waals surface area contributed by atoms with Gasteiger partial charge < -0.3 is 10.5 Å². The number of carbonyl (C=O) groups is 1. The van der Waals surface area contributed by atoms with E-state index in [9.17, 15) is 23.3 Å². The number of rotatable bonds is 6. The third-order valence-electron chi connectivity index (χ3n) is 4.00. The van der Waals surface area contributed by atoms with Crippen LogP contribution in [0.5, 0.6) is 5.75 Å². The highest BCUT2D eigenvalue weighted by Gasteiger charge is 2.27. The van der Waals surface area contributed by atoms with E-state index >= 15 is 0 Å². The Morgan fingerprint density at radius 3 is 2.41 bits per heavy atom. The van der Waals surface area contributed by atoms with Crippen molar-refractivity contribution in [1.29, 1.82) is 0 Å². The van der Waals surface area contributed by atoms with Crippen molar-refractivity contribution < 1.29 is 22.9 Å². The fourth-order valence-electron chi connectivity index (χ4n) is 2.82. The zero-order valence-electron chi connectivity index (χ0n) is 17.4. The Morgan fingerprint density at radius 1 is 1.19 bits per heavy atom. The normalized spacial score (nSPS) is 11.8. The molecule has 32 heavy (non-hydrogen) atoms. The van der Waals surface area contributed by atoms with Gasteiger partial charge in [0.25, 0.3) is 5.69 Å². The van der Waals surface area contributed by atoms with Gasteiger partial charge in [-0.15, -0.1) is 11.3 Å². The fraction of sp³-hybridized carbons (Fsp3) is 0.200. The Hall–Kier alpha value is -3.35. The molecule has 0 spiro atoms. The number of benzene rings is 2. The topological polar surface area (TPSA) is 155 Å². The Kier molecular flexibility index (Phi) is 6.30. The van der Waals surface area contributed by atoms with Gasteiger partial charge in [-0.3, -0.25) is 10.1 Å². The quantitative estimate of drug-likeness (QED) is 0.403.